The predicted molar refractivity (Wildman–Crippen MR) is 182 cm³/mol. The van der Waals surface area contributed by atoms with E-state index in [0.29, 0.717) is 30.5 Å². The van der Waals surface area contributed by atoms with Gasteiger partial charge in [0.15, 0.2) is 0 Å². The molecule has 0 aliphatic heterocycles. The lowest BCUT2D eigenvalue weighted by atomic mass is 9.67. The Hall–Kier alpha value is -4.94. The summed E-state index contributed by atoms with van der Waals surface area (Å²) in [6.45, 7) is 9.81. The number of nitriles is 1. The number of nitrogens with two attached hydrogens (primary N) is 2. The average molecular weight is 618 g/mol. The van der Waals surface area contributed by atoms with Crippen molar-refractivity contribution in [2.45, 2.75) is 76.4 Å². The summed E-state index contributed by atoms with van der Waals surface area (Å²) in [5.41, 5.74) is 18.2. The predicted octanol–water partition coefficient (Wildman–Crippen LogP) is 4.77. The minimum absolute atomic E-state index is 0.0742. The van der Waals surface area contributed by atoms with Gasteiger partial charge in [-0.1, -0.05) is 42.5 Å². The van der Waals surface area contributed by atoms with Crippen LogP contribution in [-0.4, -0.2) is 47.2 Å². The van der Waals surface area contributed by atoms with Crippen LogP contribution in [0.25, 0.3) is 5.70 Å². The number of fused-ring (bicyclic) bond motifs is 2. The molecule has 7 N–H and O–H groups in total. The molecule has 2 aliphatic carbocycles. The van der Waals surface area contributed by atoms with Crippen molar-refractivity contribution in [2.24, 2.45) is 11.5 Å². The molecule has 1 fully saturated rings. The number of hydrogen-bond acceptors (Lipinski definition) is 6. The third-order valence-electron chi connectivity index (χ3n) is 9.24. The van der Waals surface area contributed by atoms with E-state index in [0.717, 1.165) is 51.9 Å². The third-order valence-corrected chi connectivity index (χ3v) is 9.24. The zero-order valence-electron chi connectivity index (χ0n) is 26.8. The standard InChI is InChI=1S/C37H43N7O2/c1-22-5-11-30(12-6-22)43-36(41)37(19-23(2)42-21-34(45)44(24(3)20-38)31-13-14-31)32-15-9-26(25(4)39)17-27(32)7-8-28-18-29(35(40)46)10-16-33(28)37/h5-6,9-12,15-18,23-24,31,42H,4,7-8,13-14,19,21,39H2,1-3H3,(H2,40,46)(H2,41,43)/t23-,24?,37?/m1/s1. The minimum Gasteiger partial charge on any atom is -0.399 e. The molecule has 0 spiro atoms. The van der Waals surface area contributed by atoms with Gasteiger partial charge < -0.3 is 27.0 Å². The van der Waals surface area contributed by atoms with E-state index in [1.54, 1.807) is 17.9 Å². The molecule has 0 radical (unpaired) electrons. The highest BCUT2D eigenvalue weighted by Crippen LogP contribution is 2.45. The average Bonchev–Trinajstić information content (AvgIpc) is 3.88. The van der Waals surface area contributed by atoms with E-state index >= 15 is 0 Å². The van der Waals surface area contributed by atoms with Crippen LogP contribution in [-0.2, 0) is 23.1 Å². The Kier molecular flexibility index (Phi) is 9.31. The largest absolute Gasteiger partial charge is 0.399 e. The molecule has 2 unspecified atom stereocenters. The Balaban J connectivity index is 1.61. The molecule has 2 amide bonds. The van der Waals surface area contributed by atoms with Crippen molar-refractivity contribution in [1.82, 2.24) is 10.2 Å². The maximum absolute atomic E-state index is 13.4. The molecule has 5 rings (SSSR count). The Morgan fingerprint density at radius 1 is 1.02 bits per heavy atom. The van der Waals surface area contributed by atoms with Gasteiger partial charge in [0.2, 0.25) is 11.8 Å². The van der Waals surface area contributed by atoms with Gasteiger partial charge in [-0.05, 0) is 111 Å². The quantitative estimate of drug-likeness (QED) is 0.154. The Morgan fingerprint density at radius 3 is 2.15 bits per heavy atom. The lowest BCUT2D eigenvalue weighted by Crippen LogP contribution is -2.49. The number of rotatable bonds is 11. The van der Waals surface area contributed by atoms with Gasteiger partial charge in [0.1, 0.15) is 11.9 Å². The van der Waals surface area contributed by atoms with Crippen molar-refractivity contribution in [3.8, 4) is 6.07 Å². The summed E-state index contributed by atoms with van der Waals surface area (Å²) in [4.78, 5) is 27.3. The van der Waals surface area contributed by atoms with Crippen LogP contribution in [0.15, 0.2) is 67.2 Å². The van der Waals surface area contributed by atoms with Gasteiger partial charge in [-0.3, -0.25) is 15.0 Å². The second-order valence-corrected chi connectivity index (χ2v) is 12.7. The first-order valence-electron chi connectivity index (χ1n) is 15.8. The summed E-state index contributed by atoms with van der Waals surface area (Å²) in [7, 11) is 0. The Labute approximate surface area is 271 Å². The summed E-state index contributed by atoms with van der Waals surface area (Å²) in [5, 5.41) is 26.2. The van der Waals surface area contributed by atoms with Crippen LogP contribution in [0.2, 0.25) is 0 Å². The number of carbonyl (C=O) groups excluding carboxylic acids is 2. The van der Waals surface area contributed by atoms with Crippen molar-refractivity contribution < 1.29 is 9.59 Å². The fourth-order valence-electron chi connectivity index (χ4n) is 6.72. The third kappa shape index (κ3) is 6.53. The SMILES string of the molecule is C=C(N)c1ccc2c(c1)CCc1cc(C(N)=O)ccc1C2(C[C@@H](C)NCC(=O)N(C(C)C#N)C1CC1)C(=N)Nc1ccc(C)cc1. The highest BCUT2D eigenvalue weighted by molar-refractivity contribution is 6.05. The molecule has 3 atom stereocenters. The van der Waals surface area contributed by atoms with Gasteiger partial charge >= 0.3 is 0 Å². The molecule has 3 aromatic carbocycles. The number of nitrogens with zero attached hydrogens (tertiary/aromatic N) is 2. The van der Waals surface area contributed by atoms with Crippen LogP contribution >= 0.6 is 0 Å². The van der Waals surface area contributed by atoms with Crippen LogP contribution in [0, 0.1) is 23.7 Å². The Bertz CT molecular complexity index is 1650. The molecule has 3 aromatic rings. The van der Waals surface area contributed by atoms with Crippen LogP contribution in [0.1, 0.15) is 76.8 Å². The molecule has 0 aromatic heterocycles. The molecule has 0 saturated heterocycles. The maximum atomic E-state index is 13.4. The van der Waals surface area contributed by atoms with Gasteiger partial charge in [0.25, 0.3) is 0 Å². The first-order valence-corrected chi connectivity index (χ1v) is 15.8. The van der Waals surface area contributed by atoms with Crippen molar-refractivity contribution in [2.75, 3.05) is 11.9 Å². The van der Waals surface area contributed by atoms with E-state index < -0.39 is 17.4 Å². The molecule has 9 nitrogen and oxygen atoms in total. The zero-order chi connectivity index (χ0) is 33.2. The zero-order valence-corrected chi connectivity index (χ0v) is 26.8. The number of aryl methyl sites for hydroxylation is 3. The lowest BCUT2D eigenvalue weighted by Gasteiger charge is -2.40. The molecule has 1 saturated carbocycles. The van der Waals surface area contributed by atoms with Gasteiger partial charge in [-0.25, -0.2) is 0 Å². The Morgan fingerprint density at radius 2 is 1.61 bits per heavy atom. The van der Waals surface area contributed by atoms with E-state index in [4.69, 9.17) is 11.5 Å². The number of hydrogen-bond donors (Lipinski definition) is 5. The first kappa shape index (κ1) is 32.5. The van der Waals surface area contributed by atoms with Crippen LogP contribution in [0.4, 0.5) is 5.69 Å². The van der Waals surface area contributed by atoms with Gasteiger partial charge in [-0.2, -0.15) is 5.26 Å². The highest BCUT2D eigenvalue weighted by Gasteiger charge is 2.45. The summed E-state index contributed by atoms with van der Waals surface area (Å²) in [6, 6.07) is 21.0. The number of carbonyl (C=O) groups is 2. The van der Waals surface area contributed by atoms with E-state index in [-0.39, 0.29) is 30.4 Å². The molecular weight excluding hydrogens is 574 g/mol. The summed E-state index contributed by atoms with van der Waals surface area (Å²) in [5.74, 6) is -0.348. The maximum Gasteiger partial charge on any atom is 0.248 e. The fourth-order valence-corrected chi connectivity index (χ4v) is 6.72. The smallest absolute Gasteiger partial charge is 0.248 e. The van der Waals surface area contributed by atoms with Crippen LogP contribution < -0.4 is 22.1 Å². The fraction of sp³-hybridized carbons (Fsp3) is 0.351. The molecule has 2 aliphatic rings. The molecule has 0 bridgehead atoms. The van der Waals surface area contributed by atoms with Crippen LogP contribution in [0.3, 0.4) is 0 Å². The second kappa shape index (κ2) is 13.2. The normalized spacial score (nSPS) is 18.1. The number of nitrogens with one attached hydrogen (secondary N) is 3. The number of anilines is 1. The highest BCUT2D eigenvalue weighted by atomic mass is 16.2. The lowest BCUT2D eigenvalue weighted by molar-refractivity contribution is -0.132. The van der Waals surface area contributed by atoms with E-state index in [9.17, 15) is 20.3 Å². The summed E-state index contributed by atoms with van der Waals surface area (Å²) >= 11 is 0. The summed E-state index contributed by atoms with van der Waals surface area (Å²) < 4.78 is 0. The minimum atomic E-state index is -0.998. The molecule has 238 valence electrons. The first-order chi connectivity index (χ1) is 21.9. The second-order valence-electron chi connectivity index (χ2n) is 12.7. The van der Waals surface area contributed by atoms with Crippen LogP contribution in [0.5, 0.6) is 0 Å². The number of amidine groups is 1. The molecule has 0 heterocycles. The monoisotopic (exact) mass is 617 g/mol. The van der Waals surface area contributed by atoms with E-state index in [1.165, 1.54) is 0 Å². The van der Waals surface area contributed by atoms with Crippen molar-refractivity contribution in [1.29, 1.82) is 10.7 Å². The molecule has 9 heteroatoms. The van der Waals surface area contributed by atoms with Gasteiger partial charge in [-0.15, -0.1) is 0 Å². The topological polar surface area (TPSA) is 161 Å². The van der Waals surface area contributed by atoms with E-state index in [2.05, 4.69) is 23.3 Å². The van der Waals surface area contributed by atoms with Crippen molar-refractivity contribution in [3.05, 3.63) is 106 Å². The van der Waals surface area contributed by atoms with E-state index in [1.807, 2.05) is 68.4 Å². The van der Waals surface area contributed by atoms with Crippen molar-refractivity contribution >= 4 is 29.0 Å². The van der Waals surface area contributed by atoms with Crippen molar-refractivity contribution in [3.63, 3.8) is 0 Å². The van der Waals surface area contributed by atoms with Gasteiger partial charge in [0.05, 0.1) is 18.0 Å². The summed E-state index contributed by atoms with van der Waals surface area (Å²) in [6.07, 6.45) is 3.54. The molecular formula is C37H43N7O2. The molecule has 46 heavy (non-hydrogen) atoms. The number of primary amides is 1. The number of amides is 2. The number of benzene rings is 3. The van der Waals surface area contributed by atoms with Gasteiger partial charge in [0, 0.05) is 29.0 Å².